The largest absolute Gasteiger partial charge is 0.480 e. The van der Waals surface area contributed by atoms with Gasteiger partial charge in [0.15, 0.2) is 11.5 Å². The predicted octanol–water partition coefficient (Wildman–Crippen LogP) is 7.28. The molecular formula is C23H12ClF5N4O2S. The predicted molar refractivity (Wildman–Crippen MR) is 122 cm³/mol. The molecule has 3 heterocycles. The van der Waals surface area contributed by atoms with Crippen molar-refractivity contribution in [3.63, 3.8) is 0 Å². The second kappa shape index (κ2) is 9.03. The first-order chi connectivity index (χ1) is 17.2. The van der Waals surface area contributed by atoms with Crippen molar-refractivity contribution in [2.45, 2.75) is 6.18 Å². The van der Waals surface area contributed by atoms with E-state index in [0.717, 1.165) is 35.7 Å². The lowest BCUT2D eigenvalue weighted by Gasteiger charge is -2.12. The van der Waals surface area contributed by atoms with Crippen molar-refractivity contribution in [2.75, 3.05) is 7.11 Å². The average Bonchev–Trinajstić information content (AvgIpc) is 3.56. The van der Waals surface area contributed by atoms with E-state index in [0.29, 0.717) is 4.68 Å². The zero-order valence-electron chi connectivity index (χ0n) is 18.0. The lowest BCUT2D eigenvalue weighted by Crippen LogP contribution is -2.14. The number of rotatable bonds is 5. The van der Waals surface area contributed by atoms with E-state index in [9.17, 15) is 22.0 Å². The zero-order valence-corrected chi connectivity index (χ0v) is 19.5. The van der Waals surface area contributed by atoms with Crippen LogP contribution in [0, 0.1) is 11.6 Å². The fraction of sp³-hybridized carbons (Fsp3) is 0.0870. The third-order valence-corrected chi connectivity index (χ3v) is 6.29. The van der Waals surface area contributed by atoms with E-state index in [1.54, 1.807) is 0 Å². The smallest absolute Gasteiger partial charge is 0.434 e. The van der Waals surface area contributed by atoms with Gasteiger partial charge in [-0.2, -0.15) is 18.3 Å². The summed E-state index contributed by atoms with van der Waals surface area (Å²) in [5.41, 5.74) is -2.30. The van der Waals surface area contributed by atoms with Crippen LogP contribution >= 0.6 is 22.9 Å². The van der Waals surface area contributed by atoms with Crippen molar-refractivity contribution >= 4 is 22.9 Å². The van der Waals surface area contributed by atoms with Crippen LogP contribution in [0.15, 0.2) is 58.6 Å². The molecule has 0 saturated carbocycles. The van der Waals surface area contributed by atoms with Gasteiger partial charge in [0.2, 0.25) is 5.88 Å². The van der Waals surface area contributed by atoms with Crippen molar-refractivity contribution in [1.29, 1.82) is 0 Å². The first-order valence-electron chi connectivity index (χ1n) is 10.0. The van der Waals surface area contributed by atoms with Crippen molar-refractivity contribution in [1.82, 2.24) is 19.9 Å². The molecule has 0 fully saturated rings. The molecule has 0 radical (unpaired) electrons. The number of nitrogens with zero attached hydrogens (tertiary/aromatic N) is 4. The number of aromatic nitrogens is 4. The Kier molecular flexibility index (Phi) is 6.00. The molecule has 0 aliphatic rings. The second-order valence-electron chi connectivity index (χ2n) is 7.32. The Morgan fingerprint density at radius 3 is 2.53 bits per heavy atom. The number of hydrogen-bond donors (Lipinski definition) is 0. The fourth-order valence-corrected chi connectivity index (χ4v) is 4.69. The van der Waals surface area contributed by atoms with Crippen molar-refractivity contribution in [2.24, 2.45) is 0 Å². The molecule has 13 heteroatoms. The summed E-state index contributed by atoms with van der Waals surface area (Å²) in [5.74, 6) is -1.71. The van der Waals surface area contributed by atoms with Gasteiger partial charge in [-0.1, -0.05) is 28.9 Å². The molecule has 0 atom stereocenters. The molecule has 0 aliphatic carbocycles. The Hall–Kier alpha value is -3.77. The van der Waals surface area contributed by atoms with Crippen molar-refractivity contribution in [3.8, 4) is 44.7 Å². The summed E-state index contributed by atoms with van der Waals surface area (Å²) >= 11 is 7.24. The fourth-order valence-electron chi connectivity index (χ4n) is 3.63. The maximum Gasteiger partial charge on any atom is 0.434 e. The summed E-state index contributed by atoms with van der Waals surface area (Å²) in [6.45, 7) is 0. The van der Waals surface area contributed by atoms with Gasteiger partial charge in [-0.05, 0) is 30.3 Å². The monoisotopic (exact) mass is 538 g/mol. The quantitative estimate of drug-likeness (QED) is 0.220. The summed E-state index contributed by atoms with van der Waals surface area (Å²) in [6.07, 6.45) is -4.03. The van der Waals surface area contributed by atoms with Crippen molar-refractivity contribution < 1.29 is 31.2 Å². The Morgan fingerprint density at radius 2 is 1.86 bits per heavy atom. The number of ether oxygens (including phenoxy) is 1. The molecule has 184 valence electrons. The minimum Gasteiger partial charge on any atom is -0.480 e. The Bertz CT molecular complexity index is 1560. The van der Waals surface area contributed by atoms with Crippen LogP contribution in [0.25, 0.3) is 38.8 Å². The third kappa shape index (κ3) is 4.11. The molecule has 6 nitrogen and oxygen atoms in total. The number of benzene rings is 2. The Labute approximate surface area is 208 Å². The molecule has 3 aromatic heterocycles. The van der Waals surface area contributed by atoms with Gasteiger partial charge in [-0.15, -0.1) is 11.3 Å². The SMILES string of the molecule is COc1csc(-c2c(-c3c(F)cccc3Cl)noc2-c2cnn(-c3cccc(F)c3)c2C(F)(F)F)n1. The van der Waals surface area contributed by atoms with Crippen LogP contribution in [0.2, 0.25) is 5.02 Å². The van der Waals surface area contributed by atoms with Crippen LogP contribution in [0.4, 0.5) is 22.0 Å². The highest BCUT2D eigenvalue weighted by Crippen LogP contribution is 2.47. The molecule has 0 amide bonds. The molecule has 0 spiro atoms. The highest BCUT2D eigenvalue weighted by atomic mass is 35.5. The van der Waals surface area contributed by atoms with Crippen LogP contribution in [0.3, 0.4) is 0 Å². The van der Waals surface area contributed by atoms with E-state index in [1.807, 2.05) is 0 Å². The summed E-state index contributed by atoms with van der Waals surface area (Å²) in [5, 5.41) is 9.34. The van der Waals surface area contributed by atoms with Crippen LogP contribution < -0.4 is 4.74 Å². The number of alkyl halides is 3. The van der Waals surface area contributed by atoms with Gasteiger partial charge in [-0.3, -0.25) is 0 Å². The van der Waals surface area contributed by atoms with Gasteiger partial charge in [0, 0.05) is 0 Å². The van der Waals surface area contributed by atoms with E-state index in [4.69, 9.17) is 20.9 Å². The topological polar surface area (TPSA) is 66.0 Å². The first-order valence-corrected chi connectivity index (χ1v) is 11.3. The normalized spacial score (nSPS) is 11.8. The molecule has 2 aromatic carbocycles. The molecular weight excluding hydrogens is 527 g/mol. The third-order valence-electron chi connectivity index (χ3n) is 5.13. The summed E-state index contributed by atoms with van der Waals surface area (Å²) in [7, 11) is 1.37. The molecule has 0 unspecified atom stereocenters. The number of thiazole rings is 1. The van der Waals surface area contributed by atoms with Gasteiger partial charge in [0.05, 0.1) is 46.1 Å². The maximum atomic E-state index is 14.8. The van der Waals surface area contributed by atoms with Crippen LogP contribution in [-0.2, 0) is 6.18 Å². The summed E-state index contributed by atoms with van der Waals surface area (Å²) in [4.78, 5) is 4.24. The summed E-state index contributed by atoms with van der Waals surface area (Å²) < 4.78 is 82.6. The zero-order chi connectivity index (χ0) is 25.6. The van der Waals surface area contributed by atoms with Gasteiger partial charge in [0.25, 0.3) is 0 Å². The second-order valence-corrected chi connectivity index (χ2v) is 8.59. The highest BCUT2D eigenvalue weighted by Gasteiger charge is 2.41. The van der Waals surface area contributed by atoms with Gasteiger partial charge >= 0.3 is 6.18 Å². The molecule has 5 rings (SSSR count). The molecule has 0 saturated heterocycles. The van der Waals surface area contributed by atoms with Gasteiger partial charge in [-0.25, -0.2) is 18.4 Å². The van der Waals surface area contributed by atoms with Gasteiger partial charge < -0.3 is 9.26 Å². The number of halogens is 6. The number of hydrogen-bond acceptors (Lipinski definition) is 6. The van der Waals surface area contributed by atoms with Crippen LogP contribution in [-0.4, -0.2) is 27.0 Å². The lowest BCUT2D eigenvalue weighted by atomic mass is 10.0. The highest BCUT2D eigenvalue weighted by molar-refractivity contribution is 7.13. The van der Waals surface area contributed by atoms with E-state index < -0.39 is 29.1 Å². The Morgan fingerprint density at radius 1 is 1.08 bits per heavy atom. The molecule has 0 aliphatic heterocycles. The lowest BCUT2D eigenvalue weighted by molar-refractivity contribution is -0.142. The van der Waals surface area contributed by atoms with E-state index in [1.165, 1.54) is 36.8 Å². The molecule has 0 N–H and O–H groups in total. The van der Waals surface area contributed by atoms with E-state index in [-0.39, 0.29) is 44.2 Å². The number of methoxy groups -OCH3 is 1. The molecule has 5 aromatic rings. The van der Waals surface area contributed by atoms with E-state index >= 15 is 0 Å². The van der Waals surface area contributed by atoms with Crippen molar-refractivity contribution in [3.05, 3.63) is 76.4 Å². The minimum atomic E-state index is -4.95. The summed E-state index contributed by atoms with van der Waals surface area (Å²) in [6, 6.07) is 8.44. The molecule has 0 bridgehead atoms. The van der Waals surface area contributed by atoms with Crippen LogP contribution in [0.1, 0.15) is 5.69 Å². The standard InChI is InChI=1S/C23H12ClF5N4O2S/c1-34-16-10-36-22(31-16)18-19(17-14(24)6-3-7-15(17)26)32-35-20(18)13-9-30-33(21(13)23(27,28)29)12-5-2-4-11(25)8-12/h2-10H,1H3. The average molecular weight is 539 g/mol. The minimum absolute atomic E-state index is 0.0360. The first kappa shape index (κ1) is 23.9. The molecule has 36 heavy (non-hydrogen) atoms. The van der Waals surface area contributed by atoms with Crippen LogP contribution in [0.5, 0.6) is 5.88 Å². The van der Waals surface area contributed by atoms with Gasteiger partial charge in [0.1, 0.15) is 22.3 Å². The van der Waals surface area contributed by atoms with E-state index in [2.05, 4.69) is 15.2 Å². The maximum absolute atomic E-state index is 14.8. The Balaban J connectivity index is 1.81.